The molecule has 1 aromatic carbocycles. The van der Waals surface area contributed by atoms with Crippen LogP contribution in [0.4, 0.5) is 5.82 Å². The minimum atomic E-state index is 0.784. The fourth-order valence-corrected chi connectivity index (χ4v) is 5.80. The number of morpholine rings is 1. The first-order valence-electron chi connectivity index (χ1n) is 9.20. The number of hydrogen-bond donors (Lipinski definition) is 0. The second-order valence-corrected chi connectivity index (χ2v) is 8.83. The molecule has 4 nitrogen and oxygen atoms in total. The molecule has 5 rings (SSSR count). The average molecular weight is 384 g/mol. The molecule has 0 amide bonds. The van der Waals surface area contributed by atoms with Crippen LogP contribution < -0.4 is 4.90 Å². The Kier molecular flexibility index (Phi) is 4.56. The second kappa shape index (κ2) is 7.18. The highest BCUT2D eigenvalue weighted by molar-refractivity contribution is 7.98. The highest BCUT2D eigenvalue weighted by Crippen LogP contribution is 2.41. The van der Waals surface area contributed by atoms with Crippen LogP contribution >= 0.6 is 23.1 Å². The third kappa shape index (κ3) is 3.10. The molecule has 0 spiro atoms. The summed E-state index contributed by atoms with van der Waals surface area (Å²) in [6.07, 6.45) is 3.65. The summed E-state index contributed by atoms with van der Waals surface area (Å²) < 4.78 is 5.56. The molecule has 0 radical (unpaired) electrons. The van der Waals surface area contributed by atoms with Crippen LogP contribution in [-0.2, 0) is 23.3 Å². The van der Waals surface area contributed by atoms with Crippen molar-refractivity contribution in [1.29, 1.82) is 0 Å². The van der Waals surface area contributed by atoms with Crippen LogP contribution in [0.1, 0.15) is 22.7 Å². The zero-order valence-corrected chi connectivity index (χ0v) is 16.2. The topological polar surface area (TPSA) is 38.2 Å². The minimum Gasteiger partial charge on any atom is -0.378 e. The van der Waals surface area contributed by atoms with E-state index in [0.29, 0.717) is 0 Å². The monoisotopic (exact) mass is 383 g/mol. The van der Waals surface area contributed by atoms with Gasteiger partial charge in [-0.2, -0.15) is 0 Å². The van der Waals surface area contributed by atoms with Gasteiger partial charge in [0.2, 0.25) is 0 Å². The molecule has 0 bridgehead atoms. The lowest BCUT2D eigenvalue weighted by atomic mass is 10.1. The molecule has 1 fully saturated rings. The van der Waals surface area contributed by atoms with Crippen molar-refractivity contribution >= 4 is 39.1 Å². The summed E-state index contributed by atoms with van der Waals surface area (Å²) >= 11 is 3.69. The molecule has 3 aromatic rings. The van der Waals surface area contributed by atoms with Crippen molar-refractivity contribution in [2.24, 2.45) is 0 Å². The number of thiophene rings is 1. The van der Waals surface area contributed by atoms with Crippen LogP contribution in [0.25, 0.3) is 10.2 Å². The van der Waals surface area contributed by atoms with Crippen molar-refractivity contribution in [2.75, 3.05) is 31.2 Å². The quantitative estimate of drug-likeness (QED) is 0.628. The number of aryl methyl sites for hydroxylation is 2. The van der Waals surface area contributed by atoms with Gasteiger partial charge in [-0.1, -0.05) is 18.2 Å². The van der Waals surface area contributed by atoms with Gasteiger partial charge < -0.3 is 9.64 Å². The van der Waals surface area contributed by atoms with E-state index in [-0.39, 0.29) is 0 Å². The summed E-state index contributed by atoms with van der Waals surface area (Å²) in [5, 5.41) is 1.32. The van der Waals surface area contributed by atoms with E-state index in [9.17, 15) is 0 Å². The molecule has 0 atom stereocenters. The summed E-state index contributed by atoms with van der Waals surface area (Å²) in [7, 11) is 0. The van der Waals surface area contributed by atoms with Gasteiger partial charge in [-0.05, 0) is 37.0 Å². The highest BCUT2D eigenvalue weighted by Gasteiger charge is 2.25. The molecule has 3 heterocycles. The number of anilines is 1. The third-order valence-corrected chi connectivity index (χ3v) is 7.21. The Hall–Kier alpha value is -1.63. The largest absolute Gasteiger partial charge is 0.378 e. The minimum absolute atomic E-state index is 0.784. The Morgan fingerprint density at radius 3 is 2.77 bits per heavy atom. The molecular weight excluding hydrogens is 362 g/mol. The predicted molar refractivity (Wildman–Crippen MR) is 108 cm³/mol. The Bertz CT molecular complexity index is 920. The lowest BCUT2D eigenvalue weighted by Gasteiger charge is -2.28. The Labute approximate surface area is 161 Å². The number of thioether (sulfide) groups is 1. The Balaban J connectivity index is 1.53. The molecule has 2 aromatic heterocycles. The normalized spacial score (nSPS) is 17.0. The number of benzene rings is 1. The van der Waals surface area contributed by atoms with Gasteiger partial charge in [0.1, 0.15) is 16.5 Å². The highest BCUT2D eigenvalue weighted by atomic mass is 32.2. The van der Waals surface area contributed by atoms with Crippen LogP contribution in [0.5, 0.6) is 0 Å². The van der Waals surface area contributed by atoms with E-state index in [2.05, 4.69) is 35.2 Å². The fraction of sp³-hybridized carbons (Fsp3) is 0.400. The van der Waals surface area contributed by atoms with E-state index >= 15 is 0 Å². The number of aromatic nitrogens is 2. The zero-order valence-electron chi connectivity index (χ0n) is 14.6. The molecule has 6 heteroatoms. The van der Waals surface area contributed by atoms with Crippen LogP contribution in [0.3, 0.4) is 0 Å². The first-order valence-corrected chi connectivity index (χ1v) is 11.0. The molecular formula is C20H21N3OS2. The van der Waals surface area contributed by atoms with Crippen LogP contribution in [-0.4, -0.2) is 36.3 Å². The molecule has 1 saturated heterocycles. The molecule has 134 valence electrons. The van der Waals surface area contributed by atoms with E-state index in [1.54, 1.807) is 11.8 Å². The zero-order chi connectivity index (χ0) is 17.3. The second-order valence-electron chi connectivity index (χ2n) is 6.70. The van der Waals surface area contributed by atoms with Gasteiger partial charge in [0, 0.05) is 22.9 Å². The number of rotatable bonds is 4. The molecule has 26 heavy (non-hydrogen) atoms. The molecule has 1 aliphatic carbocycles. The van der Waals surface area contributed by atoms with Crippen LogP contribution in [0.2, 0.25) is 0 Å². The van der Waals surface area contributed by atoms with E-state index in [1.165, 1.54) is 44.8 Å². The predicted octanol–water partition coefficient (Wildman–Crippen LogP) is 4.31. The average Bonchev–Trinajstić information content (AvgIpc) is 3.28. The van der Waals surface area contributed by atoms with Gasteiger partial charge in [-0.15, -0.1) is 23.1 Å². The summed E-state index contributed by atoms with van der Waals surface area (Å²) in [4.78, 5) is 16.3. The number of nitrogens with zero attached hydrogens (tertiary/aromatic N) is 3. The summed E-state index contributed by atoms with van der Waals surface area (Å²) in [6.45, 7) is 3.40. The number of fused-ring (bicyclic) bond motifs is 3. The number of hydrogen-bond acceptors (Lipinski definition) is 6. The van der Waals surface area contributed by atoms with Crippen LogP contribution in [0.15, 0.2) is 35.2 Å². The van der Waals surface area contributed by atoms with Gasteiger partial charge >= 0.3 is 0 Å². The first kappa shape index (κ1) is 16.5. The first-order chi connectivity index (χ1) is 12.9. The maximum atomic E-state index is 5.56. The van der Waals surface area contributed by atoms with Crippen molar-refractivity contribution in [3.63, 3.8) is 0 Å². The van der Waals surface area contributed by atoms with Gasteiger partial charge in [0.15, 0.2) is 0 Å². The van der Waals surface area contributed by atoms with Crippen molar-refractivity contribution < 1.29 is 4.74 Å². The van der Waals surface area contributed by atoms with Gasteiger partial charge in [-0.3, -0.25) is 0 Å². The molecule has 0 N–H and O–H groups in total. The third-order valence-electron chi connectivity index (χ3n) is 5.01. The van der Waals surface area contributed by atoms with E-state index < -0.39 is 0 Å². The van der Waals surface area contributed by atoms with E-state index in [1.807, 2.05) is 11.3 Å². The molecule has 0 unspecified atom stereocenters. The Morgan fingerprint density at radius 2 is 1.92 bits per heavy atom. The maximum Gasteiger partial charge on any atom is 0.142 e. The molecule has 0 saturated carbocycles. The van der Waals surface area contributed by atoms with Gasteiger partial charge in [0.05, 0.1) is 24.4 Å². The smallest absolute Gasteiger partial charge is 0.142 e. The van der Waals surface area contributed by atoms with Gasteiger partial charge in [0.25, 0.3) is 0 Å². The summed E-state index contributed by atoms with van der Waals surface area (Å²) in [5.41, 5.74) is 1.51. The number of ether oxygens (including phenoxy) is 1. The van der Waals surface area contributed by atoms with Crippen molar-refractivity contribution in [3.05, 3.63) is 46.6 Å². The standard InChI is InChI=1S/C20H21N3OS2/c1-2-5-14(6-3-1)25-13-17-21-19(23-9-11-24-12-10-23)18-15-7-4-8-16(15)26-20(18)22-17/h1-3,5-6H,4,7-13H2. The maximum absolute atomic E-state index is 5.56. The van der Waals surface area contributed by atoms with Crippen molar-refractivity contribution in [2.45, 2.75) is 29.9 Å². The van der Waals surface area contributed by atoms with Crippen molar-refractivity contribution in [3.8, 4) is 0 Å². The summed E-state index contributed by atoms with van der Waals surface area (Å²) in [5.74, 6) is 2.88. The van der Waals surface area contributed by atoms with Crippen molar-refractivity contribution in [1.82, 2.24) is 9.97 Å². The fourth-order valence-electron chi connectivity index (χ4n) is 3.75. The Morgan fingerprint density at radius 1 is 1.08 bits per heavy atom. The summed E-state index contributed by atoms with van der Waals surface area (Å²) in [6, 6.07) is 10.5. The van der Waals surface area contributed by atoms with E-state index in [0.717, 1.165) is 43.7 Å². The van der Waals surface area contributed by atoms with Gasteiger partial charge in [-0.25, -0.2) is 9.97 Å². The lowest BCUT2D eigenvalue weighted by Crippen LogP contribution is -2.37. The molecule has 1 aliphatic heterocycles. The SMILES string of the molecule is c1ccc(SCc2nc(N3CCOCC3)c3c4c(sc3n2)CCC4)cc1. The van der Waals surface area contributed by atoms with E-state index in [4.69, 9.17) is 14.7 Å². The lowest BCUT2D eigenvalue weighted by molar-refractivity contribution is 0.122. The molecule has 2 aliphatic rings. The van der Waals surface area contributed by atoms with Crippen LogP contribution in [0, 0.1) is 0 Å².